The summed E-state index contributed by atoms with van der Waals surface area (Å²) in [4.78, 5) is 25.3. The number of ether oxygens (including phenoxy) is 3. The Balaban J connectivity index is 4.25. The highest BCUT2D eigenvalue weighted by molar-refractivity contribution is 5.70. The molecule has 5 heteroatoms. The van der Waals surface area contributed by atoms with Gasteiger partial charge in [-0.2, -0.15) is 0 Å². The van der Waals surface area contributed by atoms with Gasteiger partial charge in [0.1, 0.15) is 13.2 Å². The zero-order valence-electron chi connectivity index (χ0n) is 38.2. The van der Waals surface area contributed by atoms with E-state index in [1.165, 1.54) is 218 Å². The Morgan fingerprint density at radius 2 is 0.679 bits per heavy atom. The van der Waals surface area contributed by atoms with Gasteiger partial charge in [-0.3, -0.25) is 9.59 Å². The van der Waals surface area contributed by atoms with E-state index in [4.69, 9.17) is 14.2 Å². The molecule has 5 nitrogen and oxygen atoms in total. The average Bonchev–Trinajstić information content (AvgIpc) is 3.20. The van der Waals surface area contributed by atoms with Crippen molar-refractivity contribution in [2.24, 2.45) is 0 Å². The van der Waals surface area contributed by atoms with Gasteiger partial charge in [0, 0.05) is 12.8 Å². The summed E-state index contributed by atoms with van der Waals surface area (Å²) in [6, 6.07) is 0. The molecule has 332 valence electrons. The number of carbonyl (C=O) groups excluding carboxylic acids is 2. The van der Waals surface area contributed by atoms with Crippen molar-refractivity contribution in [3.63, 3.8) is 0 Å². The Hall–Kier alpha value is -1.52. The molecule has 1 atom stereocenters. The number of carbonyl (C=O) groups is 2. The van der Waals surface area contributed by atoms with Gasteiger partial charge in [-0.1, -0.05) is 245 Å². The van der Waals surface area contributed by atoms with Gasteiger partial charge in [0.2, 0.25) is 0 Å². The second-order valence-electron chi connectivity index (χ2n) is 17.2. The number of allylic oxidation sites excluding steroid dienone is 1. The van der Waals surface area contributed by atoms with Gasteiger partial charge in [0.05, 0.1) is 6.26 Å². The first-order valence-corrected chi connectivity index (χ1v) is 25.3. The summed E-state index contributed by atoms with van der Waals surface area (Å²) in [7, 11) is 0. The van der Waals surface area contributed by atoms with Gasteiger partial charge in [0.25, 0.3) is 0 Å². The van der Waals surface area contributed by atoms with Gasteiger partial charge in [-0.05, 0) is 31.8 Å². The largest absolute Gasteiger partial charge is 0.498 e. The SMILES string of the molecule is CCCCCCCCCCCCCC/C=C/OCC(COC(=O)CCCCCCCCCCCCCCC)OC(=O)CCCCCCCCCCCCCCC. The average molecular weight is 791 g/mol. The maximum Gasteiger partial charge on any atom is 0.306 e. The summed E-state index contributed by atoms with van der Waals surface area (Å²) in [5.74, 6) is -0.414. The first kappa shape index (κ1) is 54.5. The molecule has 0 heterocycles. The van der Waals surface area contributed by atoms with Crippen LogP contribution in [0.25, 0.3) is 0 Å². The molecule has 0 rings (SSSR count). The predicted molar refractivity (Wildman–Crippen MR) is 242 cm³/mol. The van der Waals surface area contributed by atoms with Crippen LogP contribution in [0.4, 0.5) is 0 Å². The van der Waals surface area contributed by atoms with Crippen molar-refractivity contribution in [1.82, 2.24) is 0 Å². The molecule has 0 aromatic rings. The van der Waals surface area contributed by atoms with Crippen molar-refractivity contribution in [3.05, 3.63) is 12.3 Å². The van der Waals surface area contributed by atoms with Crippen molar-refractivity contribution >= 4 is 11.9 Å². The molecule has 0 spiro atoms. The Kier molecular flexibility index (Phi) is 46.6. The molecule has 0 saturated carbocycles. The zero-order chi connectivity index (χ0) is 40.7. The quantitative estimate of drug-likeness (QED) is 0.0349. The van der Waals surface area contributed by atoms with E-state index in [1.807, 2.05) is 0 Å². The smallest absolute Gasteiger partial charge is 0.306 e. The first-order chi connectivity index (χ1) is 27.6. The third-order valence-electron chi connectivity index (χ3n) is 11.4. The van der Waals surface area contributed by atoms with Crippen LogP contribution in [-0.2, 0) is 23.8 Å². The van der Waals surface area contributed by atoms with Gasteiger partial charge in [-0.25, -0.2) is 0 Å². The minimum atomic E-state index is -0.573. The molecule has 1 unspecified atom stereocenters. The van der Waals surface area contributed by atoms with E-state index >= 15 is 0 Å². The first-order valence-electron chi connectivity index (χ1n) is 25.3. The summed E-state index contributed by atoms with van der Waals surface area (Å²) < 4.78 is 17.2. The summed E-state index contributed by atoms with van der Waals surface area (Å²) in [6.45, 7) is 7.10. The molecular formula is C51H98O5. The lowest BCUT2D eigenvalue weighted by Gasteiger charge is -2.18. The van der Waals surface area contributed by atoms with Crippen molar-refractivity contribution in [1.29, 1.82) is 0 Å². The van der Waals surface area contributed by atoms with E-state index in [9.17, 15) is 9.59 Å². The predicted octanol–water partition coefficient (Wildman–Crippen LogP) is 17.0. The maximum absolute atomic E-state index is 12.7. The van der Waals surface area contributed by atoms with Gasteiger partial charge < -0.3 is 14.2 Å². The van der Waals surface area contributed by atoms with Crippen LogP contribution >= 0.6 is 0 Å². The van der Waals surface area contributed by atoms with E-state index in [0.29, 0.717) is 12.8 Å². The monoisotopic (exact) mass is 791 g/mol. The number of esters is 2. The second-order valence-corrected chi connectivity index (χ2v) is 17.2. The summed E-state index contributed by atoms with van der Waals surface area (Å²) in [5.41, 5.74) is 0. The molecule has 0 aliphatic heterocycles. The summed E-state index contributed by atoms with van der Waals surface area (Å²) in [5, 5.41) is 0. The molecule has 0 bridgehead atoms. The van der Waals surface area contributed by atoms with Crippen LogP contribution in [0.1, 0.15) is 284 Å². The van der Waals surface area contributed by atoms with E-state index in [0.717, 1.165) is 32.1 Å². The topological polar surface area (TPSA) is 61.8 Å². The van der Waals surface area contributed by atoms with Crippen molar-refractivity contribution in [3.8, 4) is 0 Å². The van der Waals surface area contributed by atoms with Crippen LogP contribution in [0, 0.1) is 0 Å². The van der Waals surface area contributed by atoms with E-state index in [1.54, 1.807) is 6.26 Å². The highest BCUT2D eigenvalue weighted by atomic mass is 16.6. The number of unbranched alkanes of at least 4 members (excludes halogenated alkanes) is 36. The fourth-order valence-electron chi connectivity index (χ4n) is 7.60. The van der Waals surface area contributed by atoms with Crippen LogP contribution in [0.3, 0.4) is 0 Å². The molecule has 0 aliphatic rings. The van der Waals surface area contributed by atoms with Gasteiger partial charge >= 0.3 is 11.9 Å². The maximum atomic E-state index is 12.7. The molecular weight excluding hydrogens is 693 g/mol. The highest BCUT2D eigenvalue weighted by Crippen LogP contribution is 2.16. The molecule has 0 aromatic heterocycles. The Morgan fingerprint density at radius 3 is 1.04 bits per heavy atom. The lowest BCUT2D eigenvalue weighted by molar-refractivity contribution is -0.161. The van der Waals surface area contributed by atoms with Gasteiger partial charge in [-0.15, -0.1) is 0 Å². The molecule has 0 saturated heterocycles. The zero-order valence-corrected chi connectivity index (χ0v) is 38.2. The van der Waals surface area contributed by atoms with Crippen LogP contribution < -0.4 is 0 Å². The number of rotatable bonds is 47. The minimum Gasteiger partial charge on any atom is -0.498 e. The van der Waals surface area contributed by atoms with Crippen LogP contribution in [0.5, 0.6) is 0 Å². The normalized spacial score (nSPS) is 12.1. The highest BCUT2D eigenvalue weighted by Gasteiger charge is 2.17. The van der Waals surface area contributed by atoms with E-state index in [-0.39, 0.29) is 25.2 Å². The molecule has 0 radical (unpaired) electrons. The van der Waals surface area contributed by atoms with Crippen molar-refractivity contribution in [2.45, 2.75) is 290 Å². The third-order valence-corrected chi connectivity index (χ3v) is 11.4. The fourth-order valence-corrected chi connectivity index (χ4v) is 7.60. The Morgan fingerprint density at radius 1 is 0.375 bits per heavy atom. The fraction of sp³-hybridized carbons (Fsp3) is 0.922. The number of hydrogen-bond acceptors (Lipinski definition) is 5. The second kappa shape index (κ2) is 47.9. The molecule has 56 heavy (non-hydrogen) atoms. The molecule has 0 fully saturated rings. The van der Waals surface area contributed by atoms with Crippen LogP contribution in [-0.4, -0.2) is 31.3 Å². The van der Waals surface area contributed by atoms with Gasteiger partial charge in [0.15, 0.2) is 6.10 Å². The van der Waals surface area contributed by atoms with Crippen LogP contribution in [0.15, 0.2) is 12.3 Å². The van der Waals surface area contributed by atoms with E-state index < -0.39 is 6.10 Å². The summed E-state index contributed by atoms with van der Waals surface area (Å²) >= 11 is 0. The third kappa shape index (κ3) is 45.2. The Labute approximate surface area is 350 Å². The van der Waals surface area contributed by atoms with Crippen molar-refractivity contribution in [2.75, 3.05) is 13.2 Å². The molecule has 0 aromatic carbocycles. The molecule has 0 amide bonds. The molecule has 0 aliphatic carbocycles. The summed E-state index contributed by atoms with van der Waals surface area (Å²) in [6.07, 6.45) is 54.5. The minimum absolute atomic E-state index is 0.0637. The van der Waals surface area contributed by atoms with E-state index in [2.05, 4.69) is 26.8 Å². The Bertz CT molecular complexity index is 810. The number of hydrogen-bond donors (Lipinski definition) is 0. The van der Waals surface area contributed by atoms with Crippen LogP contribution in [0.2, 0.25) is 0 Å². The lowest BCUT2D eigenvalue weighted by Crippen LogP contribution is -2.29. The van der Waals surface area contributed by atoms with Crippen molar-refractivity contribution < 1.29 is 23.8 Å². The lowest BCUT2D eigenvalue weighted by atomic mass is 10.0. The standard InChI is InChI=1S/C51H98O5/c1-4-7-10-13-16-19-22-25-28-31-34-37-40-43-46-54-47-49(56-51(53)45-42-39-36-33-30-27-24-21-18-15-12-9-6-3)48-55-50(52)44-41-38-35-32-29-26-23-20-17-14-11-8-5-2/h43,46,49H,4-42,44-45,47-48H2,1-3H3/b46-43+. The molecule has 0 N–H and O–H groups in total.